The van der Waals surface area contributed by atoms with Crippen molar-refractivity contribution in [1.82, 2.24) is 15.5 Å². The minimum atomic E-state index is -0.161. The monoisotopic (exact) mass is 286 g/mol. The van der Waals surface area contributed by atoms with Crippen molar-refractivity contribution >= 4 is 11.6 Å². The first-order valence-electron chi connectivity index (χ1n) is 6.93. The van der Waals surface area contributed by atoms with Gasteiger partial charge in [0.25, 0.3) is 0 Å². The molecule has 1 aliphatic heterocycles. The van der Waals surface area contributed by atoms with Crippen molar-refractivity contribution in [1.29, 1.82) is 0 Å². The number of ether oxygens (including phenoxy) is 1. The van der Waals surface area contributed by atoms with Crippen LogP contribution in [0.4, 0.5) is 5.69 Å². The van der Waals surface area contributed by atoms with Crippen molar-refractivity contribution in [2.24, 2.45) is 5.92 Å². The SMILES string of the molecule is CNC1COCC1C(=O)Nc1cccc(-c2ccn[nH]2)c1. The van der Waals surface area contributed by atoms with Crippen molar-refractivity contribution in [2.45, 2.75) is 6.04 Å². The number of anilines is 1. The average Bonchev–Trinajstić information content (AvgIpc) is 3.18. The van der Waals surface area contributed by atoms with Gasteiger partial charge in [-0.25, -0.2) is 0 Å². The fraction of sp³-hybridized carbons (Fsp3) is 0.333. The van der Waals surface area contributed by atoms with Crippen LogP contribution in [-0.4, -0.2) is 42.4 Å². The molecule has 6 nitrogen and oxygen atoms in total. The molecule has 1 fully saturated rings. The number of nitrogens with one attached hydrogen (secondary N) is 3. The van der Waals surface area contributed by atoms with Crippen molar-refractivity contribution in [2.75, 3.05) is 25.6 Å². The molecule has 6 heteroatoms. The maximum absolute atomic E-state index is 12.3. The molecule has 1 aliphatic rings. The molecule has 1 saturated heterocycles. The number of carbonyl (C=O) groups is 1. The van der Waals surface area contributed by atoms with Crippen LogP contribution in [0.3, 0.4) is 0 Å². The smallest absolute Gasteiger partial charge is 0.231 e. The second kappa shape index (κ2) is 6.07. The summed E-state index contributed by atoms with van der Waals surface area (Å²) in [6.45, 7) is 1.03. The summed E-state index contributed by atoms with van der Waals surface area (Å²) >= 11 is 0. The number of hydrogen-bond acceptors (Lipinski definition) is 4. The number of H-pyrrole nitrogens is 1. The first-order valence-corrected chi connectivity index (χ1v) is 6.93. The van der Waals surface area contributed by atoms with E-state index in [1.807, 2.05) is 37.4 Å². The fourth-order valence-electron chi connectivity index (χ4n) is 2.51. The maximum Gasteiger partial charge on any atom is 0.231 e. The van der Waals surface area contributed by atoms with Gasteiger partial charge in [0.2, 0.25) is 5.91 Å². The van der Waals surface area contributed by atoms with E-state index in [1.54, 1.807) is 6.20 Å². The van der Waals surface area contributed by atoms with E-state index < -0.39 is 0 Å². The summed E-state index contributed by atoms with van der Waals surface area (Å²) in [6.07, 6.45) is 1.70. The van der Waals surface area contributed by atoms with E-state index in [0.29, 0.717) is 13.2 Å². The highest BCUT2D eigenvalue weighted by Crippen LogP contribution is 2.22. The van der Waals surface area contributed by atoms with Crippen molar-refractivity contribution in [3.05, 3.63) is 36.5 Å². The van der Waals surface area contributed by atoms with Crippen LogP contribution in [0.25, 0.3) is 11.3 Å². The maximum atomic E-state index is 12.3. The number of hydrogen-bond donors (Lipinski definition) is 3. The second-order valence-corrected chi connectivity index (χ2v) is 5.08. The molecule has 0 aliphatic carbocycles. The van der Waals surface area contributed by atoms with E-state index in [0.717, 1.165) is 16.9 Å². The van der Waals surface area contributed by atoms with E-state index >= 15 is 0 Å². The van der Waals surface area contributed by atoms with E-state index in [-0.39, 0.29) is 17.9 Å². The molecule has 0 bridgehead atoms. The van der Waals surface area contributed by atoms with Gasteiger partial charge in [0.15, 0.2) is 0 Å². The number of amides is 1. The number of likely N-dealkylation sites (N-methyl/N-ethyl adjacent to an activating group) is 1. The van der Waals surface area contributed by atoms with Crippen molar-refractivity contribution in [3.8, 4) is 11.3 Å². The molecule has 2 atom stereocenters. The van der Waals surface area contributed by atoms with E-state index in [1.165, 1.54) is 0 Å². The average molecular weight is 286 g/mol. The van der Waals surface area contributed by atoms with Gasteiger partial charge in [-0.2, -0.15) is 5.10 Å². The van der Waals surface area contributed by atoms with Gasteiger partial charge in [0, 0.05) is 23.5 Å². The Labute approximate surface area is 122 Å². The third-order valence-electron chi connectivity index (χ3n) is 3.73. The van der Waals surface area contributed by atoms with Crippen LogP contribution in [0.1, 0.15) is 0 Å². The standard InChI is InChI=1S/C15H18N4O2/c1-16-14-9-21-8-12(14)15(20)18-11-4-2-3-10(7-11)13-5-6-17-19-13/h2-7,12,14,16H,8-9H2,1H3,(H,17,19)(H,18,20). The lowest BCUT2D eigenvalue weighted by atomic mass is 10.0. The lowest BCUT2D eigenvalue weighted by Crippen LogP contribution is -2.39. The van der Waals surface area contributed by atoms with Crippen LogP contribution >= 0.6 is 0 Å². The van der Waals surface area contributed by atoms with Crippen LogP contribution in [0, 0.1) is 5.92 Å². The van der Waals surface area contributed by atoms with Crippen LogP contribution in [0.15, 0.2) is 36.5 Å². The molecule has 3 N–H and O–H groups in total. The van der Waals surface area contributed by atoms with Gasteiger partial charge < -0.3 is 15.4 Å². The van der Waals surface area contributed by atoms with Crippen LogP contribution < -0.4 is 10.6 Å². The Kier molecular flexibility index (Phi) is 3.98. The van der Waals surface area contributed by atoms with Crippen LogP contribution in [0.2, 0.25) is 0 Å². The van der Waals surface area contributed by atoms with Gasteiger partial charge in [-0.15, -0.1) is 0 Å². The molecule has 1 aromatic carbocycles. The zero-order valence-electron chi connectivity index (χ0n) is 11.8. The second-order valence-electron chi connectivity index (χ2n) is 5.08. The first-order chi connectivity index (χ1) is 10.3. The quantitative estimate of drug-likeness (QED) is 0.790. The molecule has 2 unspecified atom stereocenters. The summed E-state index contributed by atoms with van der Waals surface area (Å²) in [5, 5.41) is 12.9. The topological polar surface area (TPSA) is 79.0 Å². The largest absolute Gasteiger partial charge is 0.379 e. The summed E-state index contributed by atoms with van der Waals surface area (Å²) in [5.41, 5.74) is 2.68. The lowest BCUT2D eigenvalue weighted by Gasteiger charge is -2.16. The zero-order valence-corrected chi connectivity index (χ0v) is 11.8. The highest BCUT2D eigenvalue weighted by atomic mass is 16.5. The molecular weight excluding hydrogens is 268 g/mol. The van der Waals surface area contributed by atoms with Crippen LogP contribution in [0.5, 0.6) is 0 Å². The number of benzene rings is 1. The summed E-state index contributed by atoms with van der Waals surface area (Å²) in [7, 11) is 1.85. The highest BCUT2D eigenvalue weighted by molar-refractivity contribution is 5.93. The predicted molar refractivity (Wildman–Crippen MR) is 79.8 cm³/mol. The third kappa shape index (κ3) is 2.96. The Hall–Kier alpha value is -2.18. The highest BCUT2D eigenvalue weighted by Gasteiger charge is 2.32. The van der Waals surface area contributed by atoms with Gasteiger partial charge in [0.1, 0.15) is 0 Å². The molecule has 110 valence electrons. The molecule has 2 aromatic rings. The molecule has 1 aromatic heterocycles. The summed E-state index contributed by atoms with van der Waals surface area (Å²) in [6, 6.07) is 9.64. The molecule has 0 radical (unpaired) electrons. The van der Waals surface area contributed by atoms with Crippen molar-refractivity contribution in [3.63, 3.8) is 0 Å². The van der Waals surface area contributed by atoms with Gasteiger partial charge >= 0.3 is 0 Å². The van der Waals surface area contributed by atoms with Crippen molar-refractivity contribution < 1.29 is 9.53 Å². The number of aromatic amines is 1. The minimum Gasteiger partial charge on any atom is -0.379 e. The molecule has 0 spiro atoms. The molecule has 2 heterocycles. The Morgan fingerprint density at radius 3 is 3.05 bits per heavy atom. The molecule has 0 saturated carbocycles. The summed E-state index contributed by atoms with van der Waals surface area (Å²) in [4.78, 5) is 12.3. The number of aromatic nitrogens is 2. The molecule has 1 amide bonds. The van der Waals surface area contributed by atoms with Gasteiger partial charge in [0.05, 0.1) is 24.8 Å². The van der Waals surface area contributed by atoms with Gasteiger partial charge in [-0.3, -0.25) is 9.89 Å². The normalized spacial score (nSPS) is 21.4. The van der Waals surface area contributed by atoms with E-state index in [4.69, 9.17) is 4.74 Å². The Morgan fingerprint density at radius 1 is 1.38 bits per heavy atom. The van der Waals surface area contributed by atoms with E-state index in [9.17, 15) is 4.79 Å². The number of carbonyl (C=O) groups excluding carboxylic acids is 1. The van der Waals surface area contributed by atoms with E-state index in [2.05, 4.69) is 20.8 Å². The third-order valence-corrected chi connectivity index (χ3v) is 3.73. The Balaban J connectivity index is 1.73. The lowest BCUT2D eigenvalue weighted by molar-refractivity contribution is -0.120. The first kappa shape index (κ1) is 13.8. The molecule has 21 heavy (non-hydrogen) atoms. The summed E-state index contributed by atoms with van der Waals surface area (Å²) in [5.74, 6) is -0.181. The zero-order chi connectivity index (χ0) is 14.7. The van der Waals surface area contributed by atoms with Crippen LogP contribution in [-0.2, 0) is 9.53 Å². The minimum absolute atomic E-state index is 0.0198. The van der Waals surface area contributed by atoms with Gasteiger partial charge in [-0.05, 0) is 25.2 Å². The Bertz CT molecular complexity index is 612. The number of rotatable bonds is 4. The molecular formula is C15H18N4O2. The summed E-state index contributed by atoms with van der Waals surface area (Å²) < 4.78 is 5.37. The predicted octanol–water partition coefficient (Wildman–Crippen LogP) is 1.25. The Morgan fingerprint density at radius 2 is 2.29 bits per heavy atom. The number of nitrogens with zero attached hydrogens (tertiary/aromatic N) is 1. The molecule has 3 rings (SSSR count). The fourth-order valence-corrected chi connectivity index (χ4v) is 2.51. The van der Waals surface area contributed by atoms with Gasteiger partial charge in [-0.1, -0.05) is 12.1 Å².